The number of carbonyl (C=O) groups excluding carboxylic acids is 2. The molecule has 0 spiro atoms. The van der Waals surface area contributed by atoms with Crippen LogP contribution in [0.2, 0.25) is 0 Å². The lowest BCUT2D eigenvalue weighted by molar-refractivity contribution is 0.0734. The molecule has 3 rings (SSSR count). The molecule has 0 aromatic heterocycles. The van der Waals surface area contributed by atoms with E-state index in [2.05, 4.69) is 26.5 Å². The lowest BCUT2D eigenvalue weighted by Gasteiger charge is -2.08. The molecule has 0 saturated heterocycles. The second kappa shape index (κ2) is 9.84. The highest BCUT2D eigenvalue weighted by molar-refractivity contribution is 9.10. The highest BCUT2D eigenvalue weighted by atomic mass is 79.9. The van der Waals surface area contributed by atoms with E-state index in [0.29, 0.717) is 28.2 Å². The number of hydrogen-bond donors (Lipinski definition) is 1. The Bertz CT molecular complexity index is 1090. The summed E-state index contributed by atoms with van der Waals surface area (Å²) in [4.78, 5) is 24.7. The minimum absolute atomic E-state index is 0.313. The van der Waals surface area contributed by atoms with Crippen LogP contribution < -0.4 is 14.9 Å². The van der Waals surface area contributed by atoms with Crippen molar-refractivity contribution >= 4 is 34.0 Å². The Morgan fingerprint density at radius 1 is 1.00 bits per heavy atom. The standard InChI is InChI=1S/C23H19BrN2O4/c1-15-4-3-5-17(12-15)22(27)26-25-14-18-13-19(24)8-11-21(18)30-23(28)16-6-9-20(29-2)10-7-16/h3-14H,1-2H3,(H,26,27)/b25-14-. The lowest BCUT2D eigenvalue weighted by Crippen LogP contribution is -2.17. The summed E-state index contributed by atoms with van der Waals surface area (Å²) in [5.41, 5.74) is 4.87. The average Bonchev–Trinajstić information content (AvgIpc) is 2.75. The second-order valence-corrected chi connectivity index (χ2v) is 7.28. The van der Waals surface area contributed by atoms with Gasteiger partial charge in [0.15, 0.2) is 0 Å². The molecule has 0 radical (unpaired) electrons. The topological polar surface area (TPSA) is 77.0 Å². The van der Waals surface area contributed by atoms with Crippen LogP contribution in [-0.2, 0) is 0 Å². The van der Waals surface area contributed by atoms with Crippen molar-refractivity contribution in [3.8, 4) is 11.5 Å². The fourth-order valence-electron chi connectivity index (χ4n) is 2.61. The summed E-state index contributed by atoms with van der Waals surface area (Å²) in [5, 5.41) is 4.00. The number of methoxy groups -OCH3 is 1. The molecule has 6 nitrogen and oxygen atoms in total. The molecule has 0 aliphatic carbocycles. The number of hydrazone groups is 1. The predicted octanol–water partition coefficient (Wildman–Crippen LogP) is 4.75. The van der Waals surface area contributed by atoms with Crippen LogP contribution in [0.5, 0.6) is 11.5 Å². The summed E-state index contributed by atoms with van der Waals surface area (Å²) >= 11 is 3.39. The first-order chi connectivity index (χ1) is 14.5. The van der Waals surface area contributed by atoms with Crippen molar-refractivity contribution in [1.82, 2.24) is 5.43 Å². The number of ether oxygens (including phenoxy) is 2. The average molecular weight is 467 g/mol. The first-order valence-electron chi connectivity index (χ1n) is 9.02. The van der Waals surface area contributed by atoms with Crippen LogP contribution in [0.3, 0.4) is 0 Å². The molecule has 0 bridgehead atoms. The number of rotatable bonds is 6. The zero-order valence-corrected chi connectivity index (χ0v) is 18.0. The van der Waals surface area contributed by atoms with E-state index < -0.39 is 5.97 Å². The number of carbonyl (C=O) groups is 2. The van der Waals surface area contributed by atoms with Gasteiger partial charge in [-0.25, -0.2) is 10.2 Å². The molecule has 0 aliphatic rings. The Hall–Kier alpha value is -3.45. The minimum atomic E-state index is -0.515. The van der Waals surface area contributed by atoms with Crippen molar-refractivity contribution in [2.75, 3.05) is 7.11 Å². The Morgan fingerprint density at radius 3 is 2.47 bits per heavy atom. The van der Waals surface area contributed by atoms with E-state index in [1.807, 2.05) is 13.0 Å². The molecule has 3 aromatic carbocycles. The fraction of sp³-hybridized carbons (Fsp3) is 0.0870. The first kappa shape index (κ1) is 21.3. The third kappa shape index (κ3) is 5.55. The summed E-state index contributed by atoms with van der Waals surface area (Å²) < 4.78 is 11.4. The summed E-state index contributed by atoms with van der Waals surface area (Å²) in [6.07, 6.45) is 1.43. The summed E-state index contributed by atoms with van der Waals surface area (Å²) in [5.74, 6) is 0.111. The molecule has 152 valence electrons. The predicted molar refractivity (Wildman–Crippen MR) is 118 cm³/mol. The van der Waals surface area contributed by atoms with Crippen molar-refractivity contribution in [3.63, 3.8) is 0 Å². The molecule has 1 amide bonds. The van der Waals surface area contributed by atoms with Gasteiger partial charge in [-0.2, -0.15) is 5.10 Å². The van der Waals surface area contributed by atoms with Crippen LogP contribution in [0, 0.1) is 6.92 Å². The summed E-state index contributed by atoms with van der Waals surface area (Å²) in [6.45, 7) is 1.91. The van der Waals surface area contributed by atoms with Crippen LogP contribution in [0.1, 0.15) is 31.8 Å². The largest absolute Gasteiger partial charge is 0.497 e. The van der Waals surface area contributed by atoms with Crippen molar-refractivity contribution in [3.05, 3.63) is 93.5 Å². The van der Waals surface area contributed by atoms with E-state index >= 15 is 0 Å². The van der Waals surface area contributed by atoms with E-state index in [1.165, 1.54) is 6.21 Å². The van der Waals surface area contributed by atoms with Gasteiger partial charge in [0.25, 0.3) is 5.91 Å². The van der Waals surface area contributed by atoms with Gasteiger partial charge in [-0.05, 0) is 61.5 Å². The van der Waals surface area contributed by atoms with Crippen LogP contribution in [0.15, 0.2) is 76.3 Å². The zero-order chi connectivity index (χ0) is 21.5. The van der Waals surface area contributed by atoms with Gasteiger partial charge in [0.05, 0.1) is 18.9 Å². The van der Waals surface area contributed by atoms with Crippen LogP contribution in [0.4, 0.5) is 0 Å². The van der Waals surface area contributed by atoms with E-state index in [9.17, 15) is 9.59 Å². The van der Waals surface area contributed by atoms with Crippen LogP contribution >= 0.6 is 15.9 Å². The van der Waals surface area contributed by atoms with Crippen molar-refractivity contribution in [1.29, 1.82) is 0 Å². The Labute approximate surface area is 182 Å². The Balaban J connectivity index is 1.73. The maximum absolute atomic E-state index is 12.5. The number of halogens is 1. The highest BCUT2D eigenvalue weighted by Gasteiger charge is 2.12. The molecule has 0 saturated carbocycles. The highest BCUT2D eigenvalue weighted by Crippen LogP contribution is 2.23. The molecular weight excluding hydrogens is 448 g/mol. The van der Waals surface area contributed by atoms with Crippen molar-refractivity contribution < 1.29 is 19.1 Å². The zero-order valence-electron chi connectivity index (χ0n) is 16.4. The second-order valence-electron chi connectivity index (χ2n) is 6.37. The molecule has 0 heterocycles. The van der Waals surface area contributed by atoms with E-state index in [1.54, 1.807) is 67.8 Å². The lowest BCUT2D eigenvalue weighted by atomic mass is 10.1. The number of esters is 1. The quantitative estimate of drug-likeness (QED) is 0.246. The van der Waals surface area contributed by atoms with Crippen LogP contribution in [-0.4, -0.2) is 25.2 Å². The Morgan fingerprint density at radius 2 is 1.77 bits per heavy atom. The molecule has 30 heavy (non-hydrogen) atoms. The molecule has 0 aliphatic heterocycles. The van der Waals surface area contributed by atoms with Gasteiger partial charge in [0.1, 0.15) is 11.5 Å². The first-order valence-corrected chi connectivity index (χ1v) is 9.81. The molecule has 1 N–H and O–H groups in total. The van der Waals surface area contributed by atoms with Gasteiger partial charge in [0.2, 0.25) is 0 Å². The molecule has 0 atom stereocenters. The van der Waals surface area contributed by atoms with Crippen molar-refractivity contribution in [2.45, 2.75) is 6.92 Å². The third-order valence-electron chi connectivity index (χ3n) is 4.15. The van der Waals surface area contributed by atoms with Gasteiger partial charge < -0.3 is 9.47 Å². The number of amides is 1. The number of aryl methyl sites for hydroxylation is 1. The van der Waals surface area contributed by atoms with Gasteiger partial charge in [-0.15, -0.1) is 0 Å². The van der Waals surface area contributed by atoms with Crippen molar-refractivity contribution in [2.24, 2.45) is 5.10 Å². The Kier molecular flexibility index (Phi) is 6.98. The molecule has 3 aromatic rings. The maximum atomic E-state index is 12.5. The normalized spacial score (nSPS) is 10.6. The van der Waals surface area contributed by atoms with Gasteiger partial charge in [0, 0.05) is 15.6 Å². The smallest absolute Gasteiger partial charge is 0.343 e. The monoisotopic (exact) mass is 466 g/mol. The van der Waals surface area contributed by atoms with E-state index in [0.717, 1.165) is 10.0 Å². The molecular formula is C23H19BrN2O4. The summed E-state index contributed by atoms with van der Waals surface area (Å²) in [6, 6.07) is 18.9. The summed E-state index contributed by atoms with van der Waals surface area (Å²) in [7, 11) is 1.55. The molecule has 0 fully saturated rings. The van der Waals surface area contributed by atoms with E-state index in [-0.39, 0.29) is 5.91 Å². The molecule has 0 unspecified atom stereocenters. The SMILES string of the molecule is COc1ccc(C(=O)Oc2ccc(Br)cc2/C=N\NC(=O)c2cccc(C)c2)cc1. The van der Waals surface area contributed by atoms with Crippen LogP contribution in [0.25, 0.3) is 0 Å². The fourth-order valence-corrected chi connectivity index (χ4v) is 2.99. The molecule has 7 heteroatoms. The van der Waals surface area contributed by atoms with Gasteiger partial charge in [-0.3, -0.25) is 4.79 Å². The van der Waals surface area contributed by atoms with E-state index in [4.69, 9.17) is 9.47 Å². The van der Waals surface area contributed by atoms with Gasteiger partial charge >= 0.3 is 5.97 Å². The number of benzene rings is 3. The minimum Gasteiger partial charge on any atom is -0.497 e. The number of hydrogen-bond acceptors (Lipinski definition) is 5. The number of nitrogens with one attached hydrogen (secondary N) is 1. The van der Waals surface area contributed by atoms with Gasteiger partial charge in [-0.1, -0.05) is 33.6 Å². The number of nitrogens with zero attached hydrogens (tertiary/aromatic N) is 1. The maximum Gasteiger partial charge on any atom is 0.343 e. The third-order valence-corrected chi connectivity index (χ3v) is 4.64.